The smallest absolute Gasteiger partial charge is 0.339 e. The first kappa shape index (κ1) is 15.9. The van der Waals surface area contributed by atoms with E-state index in [0.717, 1.165) is 11.6 Å². The van der Waals surface area contributed by atoms with Crippen molar-refractivity contribution >= 4 is 5.97 Å². The first-order valence-electron chi connectivity index (χ1n) is 6.53. The highest BCUT2D eigenvalue weighted by Crippen LogP contribution is 2.25. The Morgan fingerprint density at radius 1 is 1.45 bits per heavy atom. The monoisotopic (exact) mass is 275 g/mol. The van der Waals surface area contributed by atoms with Gasteiger partial charge in [0, 0.05) is 18.1 Å². The summed E-state index contributed by atoms with van der Waals surface area (Å²) in [6, 6.07) is 1.79. The van der Waals surface area contributed by atoms with E-state index in [1.165, 1.54) is 0 Å². The van der Waals surface area contributed by atoms with Crippen LogP contribution in [0.1, 0.15) is 40.0 Å². The van der Waals surface area contributed by atoms with Crippen molar-refractivity contribution in [2.24, 2.45) is 0 Å². The molecule has 1 aliphatic rings. The molecule has 0 aromatic rings. The summed E-state index contributed by atoms with van der Waals surface area (Å²) in [7, 11) is 0. The van der Waals surface area contributed by atoms with Gasteiger partial charge in [0.15, 0.2) is 0 Å². The Bertz CT molecular complexity index is 556. The van der Waals surface area contributed by atoms with Crippen molar-refractivity contribution in [3.63, 3.8) is 0 Å². The molecule has 1 rings (SSSR count). The number of nitriles is 1. The Labute approximate surface area is 118 Å². The maximum Gasteiger partial charge on any atom is 0.339 e. The lowest BCUT2D eigenvalue weighted by Crippen LogP contribution is -2.09. The van der Waals surface area contributed by atoms with Gasteiger partial charge in [-0.15, -0.1) is 0 Å². The number of allylic oxidation sites excluding steroid dienone is 7. The summed E-state index contributed by atoms with van der Waals surface area (Å²) in [5, 5.41) is 8.68. The molecule has 0 unspecified atom stereocenters. The second-order valence-corrected chi connectivity index (χ2v) is 4.73. The van der Waals surface area contributed by atoms with Crippen molar-refractivity contribution in [2.75, 3.05) is 0 Å². The van der Waals surface area contributed by atoms with E-state index in [4.69, 9.17) is 10.00 Å². The number of esters is 1. The number of carbonyl (C=O) groups excluding carboxylic acids is 1. The first-order chi connectivity index (χ1) is 9.47. The second-order valence-electron chi connectivity index (χ2n) is 4.73. The van der Waals surface area contributed by atoms with Crippen molar-refractivity contribution in [1.82, 2.24) is 0 Å². The molecule has 0 amide bonds. The highest BCUT2D eigenvalue weighted by atomic mass is 19.1. The van der Waals surface area contributed by atoms with Crippen molar-refractivity contribution in [3.05, 3.63) is 46.5 Å². The van der Waals surface area contributed by atoms with Crippen LogP contribution in [-0.2, 0) is 9.53 Å². The summed E-state index contributed by atoms with van der Waals surface area (Å²) >= 11 is 0. The minimum Gasteiger partial charge on any atom is -0.428 e. The molecule has 4 heteroatoms. The molecule has 0 aromatic carbocycles. The molecular formula is C16H18FNO2. The zero-order valence-corrected chi connectivity index (χ0v) is 12.0. The number of rotatable bonds is 4. The lowest BCUT2D eigenvalue weighted by molar-refractivity contribution is -0.135. The van der Waals surface area contributed by atoms with Gasteiger partial charge in [-0.3, -0.25) is 0 Å². The van der Waals surface area contributed by atoms with Crippen LogP contribution in [0.4, 0.5) is 4.39 Å². The highest BCUT2D eigenvalue weighted by molar-refractivity contribution is 5.89. The molecule has 0 fully saturated rings. The fourth-order valence-electron chi connectivity index (χ4n) is 1.64. The standard InChI is InChI=1S/C16H18FNO2/c1-4-12(6-5-11(2)3)16(19)20-14-8-7-13(10-18)15(17)9-14/h5-6,9H,4,7-8H2,1-3H3/b12-6+. The Kier molecular flexibility index (Phi) is 5.92. The van der Waals surface area contributed by atoms with Crippen LogP contribution in [0, 0.1) is 11.3 Å². The molecule has 1 aliphatic carbocycles. The molecule has 20 heavy (non-hydrogen) atoms. The number of hydrogen-bond acceptors (Lipinski definition) is 3. The average molecular weight is 275 g/mol. The molecule has 106 valence electrons. The largest absolute Gasteiger partial charge is 0.428 e. The number of carbonyl (C=O) groups is 1. The van der Waals surface area contributed by atoms with Gasteiger partial charge in [-0.05, 0) is 26.7 Å². The first-order valence-corrected chi connectivity index (χ1v) is 6.53. The summed E-state index contributed by atoms with van der Waals surface area (Å²) in [5.41, 5.74) is 1.71. The fraction of sp³-hybridized carbons (Fsp3) is 0.375. The van der Waals surface area contributed by atoms with Crippen LogP contribution in [-0.4, -0.2) is 5.97 Å². The van der Waals surface area contributed by atoms with E-state index in [9.17, 15) is 9.18 Å². The van der Waals surface area contributed by atoms with E-state index in [1.807, 2.05) is 26.8 Å². The summed E-state index contributed by atoms with van der Waals surface area (Å²) in [5.74, 6) is -0.819. The Morgan fingerprint density at radius 2 is 2.15 bits per heavy atom. The number of hydrogen-bond donors (Lipinski definition) is 0. The molecule has 0 atom stereocenters. The Hall–Kier alpha value is -2.15. The van der Waals surface area contributed by atoms with Gasteiger partial charge in [0.2, 0.25) is 0 Å². The zero-order valence-electron chi connectivity index (χ0n) is 12.0. The number of halogens is 1. The molecule has 0 aliphatic heterocycles. The Balaban J connectivity index is 2.82. The molecule has 0 saturated heterocycles. The van der Waals surface area contributed by atoms with Gasteiger partial charge in [-0.2, -0.15) is 5.26 Å². The minimum absolute atomic E-state index is 0.0978. The van der Waals surface area contributed by atoms with Crippen LogP contribution in [0.25, 0.3) is 0 Å². The summed E-state index contributed by atoms with van der Waals surface area (Å²) in [6.07, 6.45) is 5.84. The molecular weight excluding hydrogens is 257 g/mol. The van der Waals surface area contributed by atoms with E-state index in [2.05, 4.69) is 0 Å². The normalized spacial score (nSPS) is 15.3. The predicted molar refractivity (Wildman–Crippen MR) is 75.0 cm³/mol. The SMILES string of the molecule is CC/C(=C\C=C(C)C)C(=O)OC1=CC(F)=C(C#N)CC1. The molecule has 0 saturated carbocycles. The van der Waals surface area contributed by atoms with Gasteiger partial charge in [-0.25, -0.2) is 9.18 Å². The van der Waals surface area contributed by atoms with E-state index >= 15 is 0 Å². The van der Waals surface area contributed by atoms with Gasteiger partial charge in [0.25, 0.3) is 0 Å². The van der Waals surface area contributed by atoms with Crippen LogP contribution in [0.3, 0.4) is 0 Å². The van der Waals surface area contributed by atoms with Gasteiger partial charge in [0.05, 0.1) is 11.6 Å². The quantitative estimate of drug-likeness (QED) is 0.437. The van der Waals surface area contributed by atoms with E-state index in [0.29, 0.717) is 18.4 Å². The molecule has 0 spiro atoms. The van der Waals surface area contributed by atoms with Gasteiger partial charge in [-0.1, -0.05) is 24.6 Å². The maximum absolute atomic E-state index is 13.5. The van der Waals surface area contributed by atoms with Crippen molar-refractivity contribution in [2.45, 2.75) is 40.0 Å². The second kappa shape index (κ2) is 7.44. The summed E-state index contributed by atoms with van der Waals surface area (Å²) in [6.45, 7) is 5.72. The van der Waals surface area contributed by atoms with Crippen LogP contribution in [0.5, 0.6) is 0 Å². The minimum atomic E-state index is -0.618. The van der Waals surface area contributed by atoms with Crippen LogP contribution in [0.15, 0.2) is 46.5 Å². The van der Waals surface area contributed by atoms with Crippen LogP contribution in [0.2, 0.25) is 0 Å². The van der Waals surface area contributed by atoms with Crippen molar-refractivity contribution in [1.29, 1.82) is 5.26 Å². The van der Waals surface area contributed by atoms with Crippen molar-refractivity contribution in [3.8, 4) is 6.07 Å². The lowest BCUT2D eigenvalue weighted by atomic mass is 10.0. The van der Waals surface area contributed by atoms with Gasteiger partial charge in [0.1, 0.15) is 11.6 Å². The van der Waals surface area contributed by atoms with Gasteiger partial charge < -0.3 is 4.74 Å². The molecule has 3 nitrogen and oxygen atoms in total. The number of ether oxygens (including phenoxy) is 1. The molecule has 0 N–H and O–H groups in total. The maximum atomic E-state index is 13.5. The molecule has 0 aromatic heterocycles. The number of nitrogens with zero attached hydrogens (tertiary/aromatic N) is 1. The third-order valence-electron chi connectivity index (χ3n) is 2.82. The van der Waals surface area contributed by atoms with Gasteiger partial charge >= 0.3 is 5.97 Å². The zero-order chi connectivity index (χ0) is 15.1. The topological polar surface area (TPSA) is 50.1 Å². The molecule has 0 radical (unpaired) electrons. The third-order valence-corrected chi connectivity index (χ3v) is 2.82. The Morgan fingerprint density at radius 3 is 2.65 bits per heavy atom. The van der Waals surface area contributed by atoms with E-state index in [-0.39, 0.29) is 17.8 Å². The summed E-state index contributed by atoms with van der Waals surface area (Å²) in [4.78, 5) is 11.9. The van der Waals surface area contributed by atoms with Crippen LogP contribution >= 0.6 is 0 Å². The van der Waals surface area contributed by atoms with E-state index < -0.39 is 11.8 Å². The van der Waals surface area contributed by atoms with Crippen molar-refractivity contribution < 1.29 is 13.9 Å². The van der Waals surface area contributed by atoms with Crippen LogP contribution < -0.4 is 0 Å². The third kappa shape index (κ3) is 4.51. The fourth-order valence-corrected chi connectivity index (χ4v) is 1.64. The van der Waals surface area contributed by atoms with E-state index in [1.54, 1.807) is 12.1 Å². The molecule has 0 heterocycles. The highest BCUT2D eigenvalue weighted by Gasteiger charge is 2.18. The average Bonchev–Trinajstić information content (AvgIpc) is 2.39. The summed E-state index contributed by atoms with van der Waals surface area (Å²) < 4.78 is 18.6. The lowest BCUT2D eigenvalue weighted by Gasteiger charge is -2.13. The molecule has 0 bridgehead atoms. The predicted octanol–water partition coefficient (Wildman–Crippen LogP) is 4.26.